The van der Waals surface area contributed by atoms with Crippen molar-refractivity contribution in [3.63, 3.8) is 0 Å². The lowest BCUT2D eigenvalue weighted by molar-refractivity contribution is -0.143. The third-order valence-corrected chi connectivity index (χ3v) is 3.59. The molecule has 1 heterocycles. The van der Waals surface area contributed by atoms with E-state index in [9.17, 15) is 4.79 Å². The maximum absolute atomic E-state index is 10.9. The quantitative estimate of drug-likeness (QED) is 0.804. The standard InChI is InChI=1S/C9H11NO2S/c1-6-7(13-5-10-6)4-9(2-3-9)8(11)12/h5H,2-4H2,1H3,(H,11,12). The van der Waals surface area contributed by atoms with E-state index in [1.165, 1.54) is 0 Å². The summed E-state index contributed by atoms with van der Waals surface area (Å²) in [5.74, 6) is -0.652. The van der Waals surface area contributed by atoms with E-state index >= 15 is 0 Å². The number of carboxylic acid groups (broad SMARTS) is 1. The Morgan fingerprint density at radius 2 is 2.46 bits per heavy atom. The van der Waals surface area contributed by atoms with Crippen LogP contribution in [0.25, 0.3) is 0 Å². The predicted octanol–water partition coefficient (Wildman–Crippen LogP) is 1.86. The second kappa shape index (κ2) is 2.80. The normalized spacial score (nSPS) is 18.5. The van der Waals surface area contributed by atoms with Gasteiger partial charge < -0.3 is 5.11 Å². The Bertz CT molecular complexity index is 341. The molecule has 1 aliphatic carbocycles. The summed E-state index contributed by atoms with van der Waals surface area (Å²) in [6.45, 7) is 1.93. The molecule has 0 saturated heterocycles. The summed E-state index contributed by atoms with van der Waals surface area (Å²) < 4.78 is 0. The fourth-order valence-corrected chi connectivity index (χ4v) is 2.34. The van der Waals surface area contributed by atoms with Crippen molar-refractivity contribution >= 4 is 17.3 Å². The molecular formula is C9H11NO2S. The fraction of sp³-hybridized carbons (Fsp3) is 0.556. The fourth-order valence-electron chi connectivity index (χ4n) is 1.42. The van der Waals surface area contributed by atoms with Crippen LogP contribution in [0.5, 0.6) is 0 Å². The van der Waals surface area contributed by atoms with Gasteiger partial charge in [0.25, 0.3) is 0 Å². The Kier molecular flexibility index (Phi) is 1.87. The Labute approximate surface area is 80.4 Å². The van der Waals surface area contributed by atoms with E-state index in [1.807, 2.05) is 6.92 Å². The highest BCUT2D eigenvalue weighted by Gasteiger charge is 2.50. The number of hydrogen-bond donors (Lipinski definition) is 1. The Balaban J connectivity index is 2.15. The number of nitrogens with zero attached hydrogens (tertiary/aromatic N) is 1. The first-order chi connectivity index (χ1) is 6.14. The zero-order chi connectivity index (χ0) is 9.47. The summed E-state index contributed by atoms with van der Waals surface area (Å²) in [6.07, 6.45) is 2.30. The van der Waals surface area contributed by atoms with Crippen LogP contribution in [0.1, 0.15) is 23.4 Å². The SMILES string of the molecule is Cc1ncsc1CC1(C(=O)O)CC1. The van der Waals surface area contributed by atoms with Crippen molar-refractivity contribution in [2.45, 2.75) is 26.2 Å². The molecule has 1 N–H and O–H groups in total. The predicted molar refractivity (Wildman–Crippen MR) is 49.9 cm³/mol. The van der Waals surface area contributed by atoms with Crippen LogP contribution in [0, 0.1) is 12.3 Å². The van der Waals surface area contributed by atoms with Gasteiger partial charge >= 0.3 is 5.97 Å². The van der Waals surface area contributed by atoms with Gasteiger partial charge in [-0.25, -0.2) is 4.98 Å². The molecule has 0 radical (unpaired) electrons. The lowest BCUT2D eigenvalue weighted by Crippen LogP contribution is -2.17. The molecule has 13 heavy (non-hydrogen) atoms. The molecule has 0 atom stereocenters. The van der Waals surface area contributed by atoms with Crippen molar-refractivity contribution in [1.29, 1.82) is 0 Å². The van der Waals surface area contributed by atoms with Crippen molar-refractivity contribution in [2.75, 3.05) is 0 Å². The van der Waals surface area contributed by atoms with Gasteiger partial charge in [-0.2, -0.15) is 0 Å². The molecule has 1 aromatic rings. The van der Waals surface area contributed by atoms with Crippen molar-refractivity contribution in [1.82, 2.24) is 4.98 Å². The summed E-state index contributed by atoms with van der Waals surface area (Å²) in [7, 11) is 0. The van der Waals surface area contributed by atoms with Gasteiger partial charge in [0.2, 0.25) is 0 Å². The molecule has 1 fully saturated rings. The molecule has 1 aliphatic rings. The van der Waals surface area contributed by atoms with Gasteiger partial charge in [0.1, 0.15) is 0 Å². The maximum Gasteiger partial charge on any atom is 0.310 e. The van der Waals surface area contributed by atoms with Gasteiger partial charge in [0, 0.05) is 4.88 Å². The van der Waals surface area contributed by atoms with Gasteiger partial charge in [0.05, 0.1) is 16.6 Å². The number of aromatic nitrogens is 1. The smallest absolute Gasteiger partial charge is 0.310 e. The van der Waals surface area contributed by atoms with Crippen molar-refractivity contribution < 1.29 is 9.90 Å². The molecule has 70 valence electrons. The summed E-state index contributed by atoms with van der Waals surface area (Å²) in [4.78, 5) is 16.1. The van der Waals surface area contributed by atoms with Crippen LogP contribution in [0.4, 0.5) is 0 Å². The highest BCUT2D eigenvalue weighted by Crippen LogP contribution is 2.49. The zero-order valence-corrected chi connectivity index (χ0v) is 8.23. The highest BCUT2D eigenvalue weighted by atomic mass is 32.1. The molecule has 1 aromatic heterocycles. The number of aliphatic carboxylic acids is 1. The molecule has 1 saturated carbocycles. The summed E-state index contributed by atoms with van der Waals surface area (Å²) in [5, 5.41) is 8.98. The molecule has 4 heteroatoms. The van der Waals surface area contributed by atoms with Crippen LogP contribution in [-0.4, -0.2) is 16.1 Å². The molecule has 0 spiro atoms. The van der Waals surface area contributed by atoms with E-state index < -0.39 is 11.4 Å². The van der Waals surface area contributed by atoms with E-state index in [0.717, 1.165) is 23.4 Å². The minimum atomic E-state index is -0.652. The van der Waals surface area contributed by atoms with Gasteiger partial charge in [-0.05, 0) is 26.2 Å². The average molecular weight is 197 g/mol. The number of hydrogen-bond acceptors (Lipinski definition) is 3. The van der Waals surface area contributed by atoms with Gasteiger partial charge in [-0.15, -0.1) is 11.3 Å². The number of carboxylic acids is 1. The van der Waals surface area contributed by atoms with Crippen LogP contribution in [0.2, 0.25) is 0 Å². The van der Waals surface area contributed by atoms with E-state index in [1.54, 1.807) is 16.8 Å². The Hall–Kier alpha value is -0.900. The minimum absolute atomic E-state index is 0.447. The molecule has 0 aromatic carbocycles. The van der Waals surface area contributed by atoms with Crippen molar-refractivity contribution in [3.8, 4) is 0 Å². The van der Waals surface area contributed by atoms with E-state index in [0.29, 0.717) is 6.42 Å². The first-order valence-electron chi connectivity index (χ1n) is 4.26. The molecule has 0 amide bonds. The molecule has 3 nitrogen and oxygen atoms in total. The largest absolute Gasteiger partial charge is 0.481 e. The van der Waals surface area contributed by atoms with Crippen LogP contribution in [0.3, 0.4) is 0 Å². The lowest BCUT2D eigenvalue weighted by Gasteiger charge is -2.07. The minimum Gasteiger partial charge on any atom is -0.481 e. The summed E-state index contributed by atoms with van der Waals surface area (Å²) >= 11 is 1.56. The molecule has 0 bridgehead atoms. The first-order valence-corrected chi connectivity index (χ1v) is 5.14. The van der Waals surface area contributed by atoms with Crippen LogP contribution < -0.4 is 0 Å². The number of carbonyl (C=O) groups is 1. The van der Waals surface area contributed by atoms with Crippen molar-refractivity contribution in [2.24, 2.45) is 5.41 Å². The van der Waals surface area contributed by atoms with Crippen LogP contribution in [0.15, 0.2) is 5.51 Å². The molecule has 0 unspecified atom stereocenters. The number of thiazole rings is 1. The van der Waals surface area contributed by atoms with Gasteiger partial charge in [-0.3, -0.25) is 4.79 Å². The lowest BCUT2D eigenvalue weighted by atomic mass is 10.0. The van der Waals surface area contributed by atoms with E-state index in [2.05, 4.69) is 4.98 Å². The summed E-state index contributed by atoms with van der Waals surface area (Å²) in [5.41, 5.74) is 2.32. The number of rotatable bonds is 3. The third-order valence-electron chi connectivity index (χ3n) is 2.65. The van der Waals surface area contributed by atoms with Gasteiger partial charge in [0.15, 0.2) is 0 Å². The van der Waals surface area contributed by atoms with Crippen LogP contribution in [-0.2, 0) is 11.2 Å². The van der Waals surface area contributed by atoms with Gasteiger partial charge in [-0.1, -0.05) is 0 Å². The zero-order valence-electron chi connectivity index (χ0n) is 7.41. The topological polar surface area (TPSA) is 50.2 Å². The second-order valence-electron chi connectivity index (χ2n) is 3.62. The Morgan fingerprint density at radius 1 is 1.77 bits per heavy atom. The Morgan fingerprint density at radius 3 is 2.85 bits per heavy atom. The van der Waals surface area contributed by atoms with Crippen LogP contribution >= 0.6 is 11.3 Å². The van der Waals surface area contributed by atoms with E-state index in [4.69, 9.17) is 5.11 Å². The molecule has 2 rings (SSSR count). The highest BCUT2D eigenvalue weighted by molar-refractivity contribution is 7.09. The summed E-state index contributed by atoms with van der Waals surface area (Å²) in [6, 6.07) is 0. The van der Waals surface area contributed by atoms with E-state index in [-0.39, 0.29) is 0 Å². The monoisotopic (exact) mass is 197 g/mol. The first kappa shape index (κ1) is 8.69. The molecule has 0 aliphatic heterocycles. The van der Waals surface area contributed by atoms with Crippen molar-refractivity contribution in [3.05, 3.63) is 16.1 Å². The second-order valence-corrected chi connectivity index (χ2v) is 4.56. The maximum atomic E-state index is 10.9. The molecular weight excluding hydrogens is 186 g/mol. The third kappa shape index (κ3) is 1.46. The average Bonchev–Trinajstić information content (AvgIpc) is 2.74. The number of aryl methyl sites for hydroxylation is 1.